The summed E-state index contributed by atoms with van der Waals surface area (Å²) in [5.74, 6) is 1.45. The van der Waals surface area contributed by atoms with Gasteiger partial charge in [0, 0.05) is 31.7 Å². The van der Waals surface area contributed by atoms with Gasteiger partial charge in [-0.1, -0.05) is 12.8 Å². The Morgan fingerprint density at radius 3 is 2.56 bits per heavy atom. The number of amidine groups is 1. The monoisotopic (exact) mass is 460 g/mol. The van der Waals surface area contributed by atoms with Gasteiger partial charge in [-0.25, -0.2) is 4.39 Å². The highest BCUT2D eigenvalue weighted by Crippen LogP contribution is 2.13. The van der Waals surface area contributed by atoms with E-state index in [0.29, 0.717) is 13.2 Å². The zero-order valence-corrected chi connectivity index (χ0v) is 16.7. The molecule has 1 fully saturated rings. The fourth-order valence-electron chi connectivity index (χ4n) is 2.86. The third kappa shape index (κ3) is 6.54. The topological polar surface area (TPSA) is 49.2 Å². The van der Waals surface area contributed by atoms with Gasteiger partial charge in [0.2, 0.25) is 5.96 Å². The van der Waals surface area contributed by atoms with Crippen LogP contribution in [-0.4, -0.2) is 49.5 Å². The number of halogens is 2. The predicted octanol–water partition coefficient (Wildman–Crippen LogP) is 3.91. The van der Waals surface area contributed by atoms with Gasteiger partial charge in [0.1, 0.15) is 11.7 Å². The molecule has 2 aliphatic rings. The molecule has 1 N–H and O–H groups in total. The van der Waals surface area contributed by atoms with Gasteiger partial charge in [0.25, 0.3) is 0 Å². The molecule has 0 aliphatic carbocycles. The van der Waals surface area contributed by atoms with Gasteiger partial charge in [0.05, 0.1) is 13.2 Å². The molecule has 0 atom stereocenters. The van der Waals surface area contributed by atoms with E-state index in [0.717, 1.165) is 56.4 Å². The summed E-state index contributed by atoms with van der Waals surface area (Å²) in [6, 6.07) is 6.36. The molecule has 0 aromatic heterocycles. The molecule has 0 radical (unpaired) electrons. The SMILES string of the molecule is Fc1ccc(NC(=NC2=NCCCCCC2)N2CCOCC2)cc1.I. The number of ether oxygens (including phenoxy) is 1. The quantitative estimate of drug-likeness (QED) is 0.393. The number of rotatable bonds is 1. The number of guanidine groups is 1. The summed E-state index contributed by atoms with van der Waals surface area (Å²) in [7, 11) is 0. The average molecular weight is 460 g/mol. The molecular formula is C18H26FIN4O. The number of nitrogens with one attached hydrogen (secondary N) is 1. The molecule has 0 bridgehead atoms. The first-order chi connectivity index (χ1) is 11.8. The molecular weight excluding hydrogens is 434 g/mol. The lowest BCUT2D eigenvalue weighted by Gasteiger charge is -2.30. The second-order valence-corrected chi connectivity index (χ2v) is 6.13. The minimum Gasteiger partial charge on any atom is -0.378 e. The highest BCUT2D eigenvalue weighted by atomic mass is 127. The van der Waals surface area contributed by atoms with Crippen LogP contribution in [0.15, 0.2) is 34.3 Å². The molecule has 5 nitrogen and oxygen atoms in total. The van der Waals surface area contributed by atoms with Crippen molar-refractivity contribution in [3.05, 3.63) is 30.1 Å². The van der Waals surface area contributed by atoms with Crippen molar-refractivity contribution < 1.29 is 9.13 Å². The summed E-state index contributed by atoms with van der Waals surface area (Å²) in [6.07, 6.45) is 5.68. The fraction of sp³-hybridized carbons (Fsp3) is 0.556. The summed E-state index contributed by atoms with van der Waals surface area (Å²) >= 11 is 0. The molecule has 7 heteroatoms. The van der Waals surface area contributed by atoms with E-state index in [4.69, 9.17) is 9.73 Å². The Morgan fingerprint density at radius 2 is 1.80 bits per heavy atom. The second-order valence-electron chi connectivity index (χ2n) is 6.13. The highest BCUT2D eigenvalue weighted by Gasteiger charge is 2.17. The van der Waals surface area contributed by atoms with Gasteiger partial charge in [-0.15, -0.1) is 24.0 Å². The molecule has 25 heavy (non-hydrogen) atoms. The van der Waals surface area contributed by atoms with Crippen LogP contribution >= 0.6 is 24.0 Å². The number of benzene rings is 1. The van der Waals surface area contributed by atoms with Crippen LogP contribution in [0.5, 0.6) is 0 Å². The molecule has 0 spiro atoms. The third-order valence-electron chi connectivity index (χ3n) is 4.25. The lowest BCUT2D eigenvalue weighted by Crippen LogP contribution is -2.44. The summed E-state index contributed by atoms with van der Waals surface area (Å²) in [6.45, 7) is 3.82. The minimum atomic E-state index is -0.241. The van der Waals surface area contributed by atoms with E-state index in [1.807, 2.05) is 0 Å². The van der Waals surface area contributed by atoms with E-state index < -0.39 is 0 Å². The largest absolute Gasteiger partial charge is 0.378 e. The normalized spacial score (nSPS) is 19.3. The van der Waals surface area contributed by atoms with Crippen molar-refractivity contribution >= 4 is 41.5 Å². The number of anilines is 1. The zero-order chi connectivity index (χ0) is 16.6. The number of nitrogens with zero attached hydrogens (tertiary/aromatic N) is 3. The summed E-state index contributed by atoms with van der Waals surface area (Å²) in [4.78, 5) is 11.6. The van der Waals surface area contributed by atoms with Gasteiger partial charge >= 0.3 is 0 Å². The Balaban J connectivity index is 0.00000225. The van der Waals surface area contributed by atoms with Crippen LogP contribution in [0.3, 0.4) is 0 Å². The summed E-state index contributed by atoms with van der Waals surface area (Å²) in [5, 5.41) is 3.33. The van der Waals surface area contributed by atoms with Gasteiger partial charge in [-0.05, 0) is 37.1 Å². The Hall–Kier alpha value is -1.22. The fourth-order valence-corrected chi connectivity index (χ4v) is 2.86. The highest BCUT2D eigenvalue weighted by molar-refractivity contribution is 14.0. The van der Waals surface area contributed by atoms with E-state index >= 15 is 0 Å². The first-order valence-electron chi connectivity index (χ1n) is 8.78. The Labute approximate surface area is 165 Å². The summed E-state index contributed by atoms with van der Waals surface area (Å²) < 4.78 is 18.6. The van der Waals surface area contributed by atoms with Crippen LogP contribution < -0.4 is 5.32 Å². The van der Waals surface area contributed by atoms with Crippen LogP contribution in [0.4, 0.5) is 10.1 Å². The molecule has 2 heterocycles. The smallest absolute Gasteiger partial charge is 0.205 e. The van der Waals surface area contributed by atoms with Crippen LogP contribution in [0, 0.1) is 5.82 Å². The number of hydrogen-bond donors (Lipinski definition) is 1. The first-order valence-corrected chi connectivity index (χ1v) is 8.78. The zero-order valence-electron chi connectivity index (χ0n) is 14.4. The van der Waals surface area contributed by atoms with Crippen molar-refractivity contribution in [1.29, 1.82) is 0 Å². The van der Waals surface area contributed by atoms with Crippen LogP contribution in [0.25, 0.3) is 0 Å². The van der Waals surface area contributed by atoms with Crippen molar-refractivity contribution in [3.63, 3.8) is 0 Å². The predicted molar refractivity (Wildman–Crippen MR) is 111 cm³/mol. The van der Waals surface area contributed by atoms with Crippen molar-refractivity contribution in [3.8, 4) is 0 Å². The van der Waals surface area contributed by atoms with Crippen LogP contribution in [0.2, 0.25) is 0 Å². The number of morpholine rings is 1. The molecule has 1 saturated heterocycles. The number of aliphatic imine (C=N–C) groups is 2. The van der Waals surface area contributed by atoms with E-state index in [2.05, 4.69) is 15.2 Å². The Kier molecular flexibility index (Phi) is 8.60. The molecule has 3 rings (SSSR count). The Bertz CT molecular complexity index is 585. The van der Waals surface area contributed by atoms with Crippen molar-refractivity contribution in [2.45, 2.75) is 32.1 Å². The van der Waals surface area contributed by atoms with E-state index in [1.54, 1.807) is 12.1 Å². The van der Waals surface area contributed by atoms with Crippen LogP contribution in [-0.2, 0) is 4.74 Å². The van der Waals surface area contributed by atoms with Crippen molar-refractivity contribution in [1.82, 2.24) is 4.90 Å². The number of hydrogen-bond acceptors (Lipinski definition) is 3. The Morgan fingerprint density at radius 1 is 1.08 bits per heavy atom. The van der Waals surface area contributed by atoms with Crippen molar-refractivity contribution in [2.75, 3.05) is 38.2 Å². The van der Waals surface area contributed by atoms with Crippen LogP contribution in [0.1, 0.15) is 32.1 Å². The minimum absolute atomic E-state index is 0. The maximum Gasteiger partial charge on any atom is 0.205 e. The molecule has 1 aromatic carbocycles. The molecule has 0 saturated carbocycles. The molecule has 0 amide bonds. The standard InChI is InChI=1S/C18H25FN4O.HI/c19-15-6-8-16(9-7-15)21-18(23-11-13-24-14-12-23)22-17-5-3-1-2-4-10-20-17;/h6-9H,1-5,10-14H2,(H,20,21,22);1H. The first kappa shape index (κ1) is 20.1. The van der Waals surface area contributed by atoms with E-state index in [-0.39, 0.29) is 29.8 Å². The maximum atomic E-state index is 13.1. The molecule has 138 valence electrons. The lowest BCUT2D eigenvalue weighted by atomic mass is 10.1. The second kappa shape index (κ2) is 10.7. The van der Waals surface area contributed by atoms with E-state index in [9.17, 15) is 4.39 Å². The average Bonchev–Trinajstić information content (AvgIpc) is 2.59. The third-order valence-corrected chi connectivity index (χ3v) is 4.25. The van der Waals surface area contributed by atoms with Gasteiger partial charge in [-0.2, -0.15) is 4.99 Å². The van der Waals surface area contributed by atoms with E-state index in [1.165, 1.54) is 25.0 Å². The molecule has 2 aliphatic heterocycles. The van der Waals surface area contributed by atoms with Gasteiger partial charge in [0.15, 0.2) is 0 Å². The molecule has 1 aromatic rings. The molecule has 0 unspecified atom stereocenters. The summed E-state index contributed by atoms with van der Waals surface area (Å²) in [5.41, 5.74) is 0.827. The lowest BCUT2D eigenvalue weighted by molar-refractivity contribution is 0.0681. The van der Waals surface area contributed by atoms with Gasteiger partial charge < -0.3 is 15.0 Å². The maximum absolute atomic E-state index is 13.1. The van der Waals surface area contributed by atoms with Crippen molar-refractivity contribution in [2.24, 2.45) is 9.98 Å². The van der Waals surface area contributed by atoms with Gasteiger partial charge in [-0.3, -0.25) is 4.99 Å².